The molecule has 0 spiro atoms. The van der Waals surface area contributed by atoms with Crippen molar-refractivity contribution in [3.63, 3.8) is 0 Å². The Hall–Kier alpha value is -2.23. The summed E-state index contributed by atoms with van der Waals surface area (Å²) in [6, 6.07) is 4.22. The maximum Gasteiger partial charge on any atom is 0.250 e. The van der Waals surface area contributed by atoms with Crippen LogP contribution in [0.3, 0.4) is 0 Å². The van der Waals surface area contributed by atoms with Crippen LogP contribution >= 0.6 is 0 Å². The van der Waals surface area contributed by atoms with E-state index in [0.717, 1.165) is 65.0 Å². The Morgan fingerprint density at radius 3 is 2.65 bits per heavy atom. The molecular formula is C25H36N4O5. The van der Waals surface area contributed by atoms with Crippen molar-refractivity contribution in [1.82, 2.24) is 19.7 Å². The van der Waals surface area contributed by atoms with Crippen LogP contribution in [0.5, 0.6) is 0 Å². The van der Waals surface area contributed by atoms with Gasteiger partial charge in [-0.2, -0.15) is 0 Å². The quantitative estimate of drug-likeness (QED) is 0.556. The molecule has 2 bridgehead atoms. The molecular weight excluding hydrogens is 436 g/mol. The number of rotatable bonds is 7. The van der Waals surface area contributed by atoms with Gasteiger partial charge in [-0.1, -0.05) is 18.9 Å². The van der Waals surface area contributed by atoms with E-state index in [1.54, 1.807) is 10.6 Å². The summed E-state index contributed by atoms with van der Waals surface area (Å²) >= 11 is 0. The number of hydrogen-bond acceptors (Lipinski definition) is 6. The maximum atomic E-state index is 13.6. The molecule has 0 radical (unpaired) electrons. The van der Waals surface area contributed by atoms with E-state index in [-0.39, 0.29) is 35.9 Å². The Balaban J connectivity index is 1.36. The number of amides is 2. The van der Waals surface area contributed by atoms with Crippen LogP contribution in [0.1, 0.15) is 43.8 Å². The van der Waals surface area contributed by atoms with Gasteiger partial charge in [0.25, 0.3) is 5.56 Å². The predicted molar refractivity (Wildman–Crippen MR) is 125 cm³/mol. The molecule has 1 aromatic heterocycles. The van der Waals surface area contributed by atoms with Crippen molar-refractivity contribution < 1.29 is 19.4 Å². The standard InChI is InChI=1S/C25H36N4O5/c30-16-18-20-15-28-19(7-3-8-21(28)31)23(29(20)25(33)17-5-1-2-6-17)22(18)24(32)26-9-4-10-27-11-13-34-14-12-27/h3,7-8,17-18,20,22-23,30H,1-2,4-6,9-16H2,(H,26,32)/t18-,20-,22+,23+/m0/s1. The van der Waals surface area contributed by atoms with Crippen molar-refractivity contribution in [1.29, 1.82) is 0 Å². The molecule has 4 aliphatic rings. The first kappa shape index (κ1) is 23.5. The molecule has 0 unspecified atom stereocenters. The highest BCUT2D eigenvalue weighted by Crippen LogP contribution is 2.49. The van der Waals surface area contributed by atoms with E-state index < -0.39 is 17.9 Å². The number of hydrogen-bond donors (Lipinski definition) is 2. The smallest absolute Gasteiger partial charge is 0.250 e. The Morgan fingerprint density at radius 2 is 1.91 bits per heavy atom. The monoisotopic (exact) mass is 472 g/mol. The fourth-order valence-corrected chi connectivity index (χ4v) is 6.50. The molecule has 9 heteroatoms. The van der Waals surface area contributed by atoms with E-state index in [9.17, 15) is 19.5 Å². The molecule has 2 N–H and O–H groups in total. The summed E-state index contributed by atoms with van der Waals surface area (Å²) in [5.41, 5.74) is 0.586. The average Bonchev–Trinajstić information content (AvgIpc) is 3.47. The summed E-state index contributed by atoms with van der Waals surface area (Å²) in [6.45, 7) is 4.90. The normalized spacial score (nSPS) is 29.3. The molecule has 5 rings (SSSR count). The third-order valence-electron chi connectivity index (χ3n) is 8.24. The number of aliphatic hydroxyl groups excluding tert-OH is 1. The highest BCUT2D eigenvalue weighted by Gasteiger charge is 2.57. The number of carbonyl (C=O) groups is 2. The predicted octanol–water partition coefficient (Wildman–Crippen LogP) is 0.367. The number of aliphatic hydroxyl groups is 1. The van der Waals surface area contributed by atoms with Gasteiger partial charge in [0.15, 0.2) is 0 Å². The summed E-state index contributed by atoms with van der Waals surface area (Å²) in [6.07, 6.45) is 4.67. The minimum absolute atomic E-state index is 0.0262. The zero-order chi connectivity index (χ0) is 23.7. The molecule has 1 aromatic rings. The molecule has 0 aromatic carbocycles. The Kier molecular flexibility index (Phi) is 7.04. The number of morpholine rings is 1. The minimum Gasteiger partial charge on any atom is -0.396 e. The fraction of sp³-hybridized carbons (Fsp3) is 0.720. The molecule has 4 atom stereocenters. The van der Waals surface area contributed by atoms with Crippen molar-refractivity contribution in [2.75, 3.05) is 46.0 Å². The molecule has 4 heterocycles. The molecule has 2 amide bonds. The van der Waals surface area contributed by atoms with Gasteiger partial charge < -0.3 is 24.6 Å². The summed E-state index contributed by atoms with van der Waals surface area (Å²) in [5, 5.41) is 13.4. The third-order valence-corrected chi connectivity index (χ3v) is 8.24. The summed E-state index contributed by atoms with van der Waals surface area (Å²) in [5.74, 6) is -1.05. The lowest BCUT2D eigenvalue weighted by Gasteiger charge is -2.39. The molecule has 34 heavy (non-hydrogen) atoms. The number of nitrogens with zero attached hydrogens (tertiary/aromatic N) is 3. The second-order valence-electron chi connectivity index (χ2n) is 10.1. The first-order valence-corrected chi connectivity index (χ1v) is 12.8. The van der Waals surface area contributed by atoms with Crippen molar-refractivity contribution >= 4 is 11.8 Å². The van der Waals surface area contributed by atoms with Gasteiger partial charge >= 0.3 is 0 Å². The number of nitrogens with one attached hydrogen (secondary N) is 1. The van der Waals surface area contributed by atoms with Gasteiger partial charge in [0.05, 0.1) is 31.2 Å². The van der Waals surface area contributed by atoms with Gasteiger partial charge in [-0.25, -0.2) is 0 Å². The summed E-state index contributed by atoms with van der Waals surface area (Å²) in [4.78, 5) is 44.0. The van der Waals surface area contributed by atoms with Crippen LogP contribution < -0.4 is 10.9 Å². The number of ether oxygens (including phenoxy) is 1. The van der Waals surface area contributed by atoms with Gasteiger partial charge in [0.1, 0.15) is 0 Å². The second kappa shape index (κ2) is 10.2. The van der Waals surface area contributed by atoms with Gasteiger partial charge in [0.2, 0.25) is 11.8 Å². The van der Waals surface area contributed by atoms with Crippen LogP contribution in [0.4, 0.5) is 0 Å². The summed E-state index contributed by atoms with van der Waals surface area (Å²) < 4.78 is 7.08. The lowest BCUT2D eigenvalue weighted by atomic mass is 9.86. The van der Waals surface area contributed by atoms with Gasteiger partial charge in [-0.05, 0) is 31.9 Å². The maximum absolute atomic E-state index is 13.6. The van der Waals surface area contributed by atoms with Crippen molar-refractivity contribution in [2.24, 2.45) is 17.8 Å². The zero-order valence-electron chi connectivity index (χ0n) is 19.7. The minimum atomic E-state index is -0.570. The van der Waals surface area contributed by atoms with E-state index in [0.29, 0.717) is 18.8 Å². The van der Waals surface area contributed by atoms with Crippen molar-refractivity contribution in [2.45, 2.75) is 50.7 Å². The van der Waals surface area contributed by atoms with Crippen molar-refractivity contribution in [3.05, 3.63) is 34.2 Å². The molecule has 9 nitrogen and oxygen atoms in total. The Labute approximate surface area is 200 Å². The first-order valence-electron chi connectivity index (χ1n) is 12.8. The van der Waals surface area contributed by atoms with Crippen LogP contribution in [0.15, 0.2) is 23.0 Å². The highest BCUT2D eigenvalue weighted by atomic mass is 16.5. The molecule has 186 valence electrons. The van der Waals surface area contributed by atoms with Gasteiger partial charge in [0, 0.05) is 56.4 Å². The Bertz CT molecular complexity index is 953. The molecule has 1 saturated carbocycles. The molecule has 3 aliphatic heterocycles. The van der Waals surface area contributed by atoms with Crippen LogP contribution in [-0.4, -0.2) is 83.3 Å². The van der Waals surface area contributed by atoms with Gasteiger partial charge in [-0.15, -0.1) is 0 Å². The van der Waals surface area contributed by atoms with Crippen LogP contribution in [0, 0.1) is 17.8 Å². The molecule has 1 aliphatic carbocycles. The fourth-order valence-electron chi connectivity index (χ4n) is 6.50. The van der Waals surface area contributed by atoms with Crippen LogP contribution in [0.25, 0.3) is 0 Å². The van der Waals surface area contributed by atoms with Crippen LogP contribution in [-0.2, 0) is 20.9 Å². The average molecular weight is 473 g/mol. The summed E-state index contributed by atoms with van der Waals surface area (Å²) in [7, 11) is 0. The largest absolute Gasteiger partial charge is 0.396 e. The molecule has 3 fully saturated rings. The third kappa shape index (κ3) is 4.29. The SMILES string of the molecule is O=C(NCCCN1CCOCC1)[C@@H]1[C@@H](CO)[C@@H]2Cn3c(cccc3=O)[C@H]1N2C(=O)C1CCCC1. The second-order valence-corrected chi connectivity index (χ2v) is 10.1. The lowest BCUT2D eigenvalue weighted by molar-refractivity contribution is -0.141. The Morgan fingerprint density at radius 1 is 1.15 bits per heavy atom. The van der Waals surface area contributed by atoms with E-state index in [1.165, 1.54) is 6.07 Å². The zero-order valence-corrected chi connectivity index (χ0v) is 19.7. The van der Waals surface area contributed by atoms with E-state index in [1.807, 2.05) is 11.0 Å². The van der Waals surface area contributed by atoms with E-state index in [4.69, 9.17) is 4.74 Å². The van der Waals surface area contributed by atoms with E-state index in [2.05, 4.69) is 10.2 Å². The van der Waals surface area contributed by atoms with E-state index >= 15 is 0 Å². The number of pyridine rings is 1. The highest BCUT2D eigenvalue weighted by molar-refractivity contribution is 5.85. The lowest BCUT2D eigenvalue weighted by Crippen LogP contribution is -2.50. The first-order chi connectivity index (χ1) is 16.6. The number of fused-ring (bicyclic) bond motifs is 4. The molecule has 2 saturated heterocycles. The number of aromatic nitrogens is 1. The topological polar surface area (TPSA) is 104 Å². The number of carbonyl (C=O) groups excluding carboxylic acids is 2. The van der Waals surface area contributed by atoms with Crippen molar-refractivity contribution in [3.8, 4) is 0 Å². The van der Waals surface area contributed by atoms with Crippen LogP contribution in [0.2, 0.25) is 0 Å². The van der Waals surface area contributed by atoms with Gasteiger partial charge in [-0.3, -0.25) is 19.3 Å².